The summed E-state index contributed by atoms with van der Waals surface area (Å²) in [5.74, 6) is 0.630. The summed E-state index contributed by atoms with van der Waals surface area (Å²) in [7, 11) is 0. The number of aromatic amines is 1. The summed E-state index contributed by atoms with van der Waals surface area (Å²) >= 11 is 6.65. The zero-order valence-corrected chi connectivity index (χ0v) is 14.8. The van der Waals surface area contributed by atoms with Gasteiger partial charge < -0.3 is 14.5 Å². The van der Waals surface area contributed by atoms with Crippen LogP contribution in [0.1, 0.15) is 11.3 Å². The predicted octanol–water partition coefficient (Wildman–Crippen LogP) is 4.43. The highest BCUT2D eigenvalue weighted by Crippen LogP contribution is 2.32. The van der Waals surface area contributed by atoms with Gasteiger partial charge in [0.2, 0.25) is 0 Å². The molecule has 1 aromatic carbocycles. The van der Waals surface area contributed by atoms with Gasteiger partial charge in [0.25, 0.3) is 0 Å². The number of aromatic hydroxyl groups is 1. The van der Waals surface area contributed by atoms with Gasteiger partial charge in [-0.1, -0.05) is 15.9 Å². The molecule has 0 amide bonds. The fourth-order valence-corrected chi connectivity index (χ4v) is 3.27. The molecule has 0 atom stereocenters. The van der Waals surface area contributed by atoms with Crippen molar-refractivity contribution < 1.29 is 9.52 Å². The van der Waals surface area contributed by atoms with Crippen LogP contribution in [0.3, 0.4) is 0 Å². The van der Waals surface area contributed by atoms with Crippen LogP contribution in [0.2, 0.25) is 0 Å². The molecule has 0 aliphatic rings. The average molecular weight is 438 g/mol. The van der Waals surface area contributed by atoms with E-state index < -0.39 is 5.69 Å². The minimum absolute atomic E-state index is 0.118. The quantitative estimate of drug-likeness (QED) is 0.635. The predicted molar refractivity (Wildman–Crippen MR) is 95.0 cm³/mol. The van der Waals surface area contributed by atoms with Crippen LogP contribution >= 0.6 is 31.9 Å². The van der Waals surface area contributed by atoms with Gasteiger partial charge in [0.15, 0.2) is 5.76 Å². The van der Waals surface area contributed by atoms with Crippen molar-refractivity contribution >= 4 is 44.0 Å². The molecule has 0 spiro atoms. The Morgan fingerprint density at radius 3 is 2.78 bits per heavy atom. The smallest absolute Gasteiger partial charge is 0.346 e. The molecule has 0 fully saturated rings. The van der Waals surface area contributed by atoms with Crippen LogP contribution in [-0.2, 0) is 0 Å². The lowest BCUT2D eigenvalue weighted by molar-refractivity contribution is 0.470. The molecular weight excluding hydrogens is 428 g/mol. The van der Waals surface area contributed by atoms with Gasteiger partial charge in [0.05, 0.1) is 10.7 Å². The molecule has 2 N–H and O–H groups in total. The molecular formula is C16H10Br2N2O3. The van der Waals surface area contributed by atoms with Crippen LogP contribution in [0.15, 0.2) is 54.8 Å². The molecule has 0 unspecified atom stereocenters. The van der Waals surface area contributed by atoms with Crippen molar-refractivity contribution in [1.29, 1.82) is 0 Å². The molecule has 23 heavy (non-hydrogen) atoms. The molecule has 3 rings (SSSR count). The second-order valence-electron chi connectivity index (χ2n) is 4.66. The maximum atomic E-state index is 11.7. The zero-order valence-electron chi connectivity index (χ0n) is 11.6. The lowest BCUT2D eigenvalue weighted by atomic mass is 10.1. The fraction of sp³-hybridized carbons (Fsp3) is 0. The SMILES string of the molecule is O=c1nc(-c2ccco2)cc(C=Cc2cc(Br)cc(Br)c2O)[nH]1. The first kappa shape index (κ1) is 15.8. The Morgan fingerprint density at radius 1 is 1.22 bits per heavy atom. The van der Waals surface area contributed by atoms with Gasteiger partial charge in [-0.2, -0.15) is 4.98 Å². The number of phenols is 1. The molecule has 116 valence electrons. The van der Waals surface area contributed by atoms with E-state index in [1.165, 1.54) is 6.26 Å². The van der Waals surface area contributed by atoms with Crippen LogP contribution in [0.4, 0.5) is 0 Å². The highest BCUT2D eigenvalue weighted by molar-refractivity contribution is 9.11. The molecule has 2 aromatic heterocycles. The van der Waals surface area contributed by atoms with E-state index in [-0.39, 0.29) is 5.75 Å². The molecule has 7 heteroatoms. The Bertz CT molecular complexity index is 931. The molecule has 0 saturated carbocycles. The van der Waals surface area contributed by atoms with Crippen molar-refractivity contribution in [2.75, 3.05) is 0 Å². The minimum atomic E-state index is -0.474. The molecule has 0 aliphatic heterocycles. The van der Waals surface area contributed by atoms with Crippen molar-refractivity contribution in [3.8, 4) is 17.2 Å². The normalized spacial score (nSPS) is 11.2. The van der Waals surface area contributed by atoms with E-state index in [0.29, 0.717) is 27.2 Å². The number of nitrogens with zero attached hydrogens (tertiary/aromatic N) is 1. The first-order chi connectivity index (χ1) is 11.0. The summed E-state index contributed by atoms with van der Waals surface area (Å²) in [5.41, 5.74) is 1.12. The molecule has 0 radical (unpaired) electrons. The largest absolute Gasteiger partial charge is 0.506 e. The van der Waals surface area contributed by atoms with E-state index in [1.807, 2.05) is 0 Å². The van der Waals surface area contributed by atoms with Gasteiger partial charge in [0, 0.05) is 15.7 Å². The van der Waals surface area contributed by atoms with Crippen molar-refractivity contribution in [3.05, 3.63) is 67.3 Å². The van der Waals surface area contributed by atoms with Crippen LogP contribution in [0.25, 0.3) is 23.6 Å². The number of H-pyrrole nitrogens is 1. The number of furan rings is 1. The lowest BCUT2D eigenvalue weighted by Gasteiger charge is -2.03. The van der Waals surface area contributed by atoms with Gasteiger partial charge in [-0.3, -0.25) is 0 Å². The topological polar surface area (TPSA) is 79.1 Å². The summed E-state index contributed by atoms with van der Waals surface area (Å²) < 4.78 is 6.65. The van der Waals surface area contributed by atoms with Crippen molar-refractivity contribution in [2.24, 2.45) is 0 Å². The van der Waals surface area contributed by atoms with Gasteiger partial charge in [-0.15, -0.1) is 0 Å². The number of phenolic OH excluding ortho intramolecular Hbond substituents is 1. The first-order valence-corrected chi connectivity index (χ1v) is 8.13. The lowest BCUT2D eigenvalue weighted by Crippen LogP contribution is -2.11. The van der Waals surface area contributed by atoms with Crippen molar-refractivity contribution in [1.82, 2.24) is 9.97 Å². The number of benzene rings is 1. The third-order valence-electron chi connectivity index (χ3n) is 3.04. The van der Waals surface area contributed by atoms with Gasteiger partial charge in [-0.25, -0.2) is 4.79 Å². The number of nitrogens with one attached hydrogen (secondary N) is 1. The molecule has 0 saturated heterocycles. The van der Waals surface area contributed by atoms with E-state index in [4.69, 9.17) is 4.42 Å². The highest BCUT2D eigenvalue weighted by Gasteiger charge is 2.07. The van der Waals surface area contributed by atoms with Gasteiger partial charge in [0.1, 0.15) is 11.4 Å². The summed E-state index contributed by atoms with van der Waals surface area (Å²) in [5, 5.41) is 10.0. The highest BCUT2D eigenvalue weighted by atomic mass is 79.9. The zero-order chi connectivity index (χ0) is 16.4. The molecule has 0 bridgehead atoms. The Morgan fingerprint density at radius 2 is 2.04 bits per heavy atom. The molecule has 0 aliphatic carbocycles. The fourth-order valence-electron chi connectivity index (χ4n) is 2.01. The summed E-state index contributed by atoms with van der Waals surface area (Å²) in [6.45, 7) is 0. The summed E-state index contributed by atoms with van der Waals surface area (Å²) in [4.78, 5) is 18.2. The van der Waals surface area contributed by atoms with Crippen molar-refractivity contribution in [3.63, 3.8) is 0 Å². The third-order valence-corrected chi connectivity index (χ3v) is 4.10. The van der Waals surface area contributed by atoms with Gasteiger partial charge >= 0.3 is 5.69 Å². The van der Waals surface area contributed by atoms with Crippen LogP contribution in [0, 0.1) is 0 Å². The summed E-state index contributed by atoms with van der Waals surface area (Å²) in [6, 6.07) is 8.66. The number of halogens is 2. The van der Waals surface area contributed by atoms with E-state index in [1.54, 1.807) is 42.5 Å². The maximum absolute atomic E-state index is 11.7. The minimum Gasteiger partial charge on any atom is -0.506 e. The Hall–Kier alpha value is -2.12. The average Bonchev–Trinajstić information content (AvgIpc) is 3.03. The van der Waals surface area contributed by atoms with E-state index >= 15 is 0 Å². The standard InChI is InChI=1S/C16H10Br2N2O3/c17-10-6-9(15(21)12(18)7-10)3-4-11-8-13(20-16(22)19-11)14-2-1-5-23-14/h1-8,21H,(H,19,20,22). The molecule has 5 nitrogen and oxygen atoms in total. The Balaban J connectivity index is 1.99. The van der Waals surface area contributed by atoms with Gasteiger partial charge in [-0.05, 0) is 58.4 Å². The monoisotopic (exact) mass is 436 g/mol. The number of hydrogen-bond donors (Lipinski definition) is 2. The maximum Gasteiger partial charge on any atom is 0.346 e. The number of aromatic nitrogens is 2. The van der Waals surface area contributed by atoms with E-state index in [9.17, 15) is 9.90 Å². The Labute approximate surface area is 148 Å². The Kier molecular flexibility index (Phi) is 4.49. The van der Waals surface area contributed by atoms with E-state index in [2.05, 4.69) is 41.8 Å². The third kappa shape index (κ3) is 3.62. The second kappa shape index (κ2) is 6.55. The van der Waals surface area contributed by atoms with Crippen molar-refractivity contribution in [2.45, 2.75) is 0 Å². The number of rotatable bonds is 3. The molecule has 2 heterocycles. The van der Waals surface area contributed by atoms with Crippen LogP contribution < -0.4 is 5.69 Å². The first-order valence-electron chi connectivity index (χ1n) is 6.54. The van der Waals surface area contributed by atoms with E-state index in [0.717, 1.165) is 4.47 Å². The second-order valence-corrected chi connectivity index (χ2v) is 6.43. The number of hydrogen-bond acceptors (Lipinski definition) is 4. The summed E-state index contributed by atoms with van der Waals surface area (Å²) in [6.07, 6.45) is 4.90. The van der Waals surface area contributed by atoms with Crippen LogP contribution in [0.5, 0.6) is 5.75 Å². The molecule has 3 aromatic rings. The van der Waals surface area contributed by atoms with Crippen LogP contribution in [-0.4, -0.2) is 15.1 Å².